The predicted octanol–water partition coefficient (Wildman–Crippen LogP) is -0.260. The number of urea groups is 1. The minimum Gasteiger partial charge on any atom is -0.480 e. The number of hydrogen-bond acceptors (Lipinski definition) is 5. The first-order chi connectivity index (χ1) is 9.97. The molecule has 120 valence electrons. The number of amides is 2. The van der Waals surface area contributed by atoms with Gasteiger partial charge in [0, 0.05) is 32.6 Å². The molecule has 1 atom stereocenters. The van der Waals surface area contributed by atoms with Crippen molar-refractivity contribution in [3.63, 3.8) is 0 Å². The lowest BCUT2D eigenvalue weighted by Gasteiger charge is -2.34. The molecule has 0 saturated carbocycles. The molecule has 0 bridgehead atoms. The largest absolute Gasteiger partial charge is 0.480 e. The van der Waals surface area contributed by atoms with Crippen molar-refractivity contribution in [3.05, 3.63) is 0 Å². The average Bonchev–Trinajstić information content (AvgIpc) is 2.50. The molecule has 8 heteroatoms. The van der Waals surface area contributed by atoms with Gasteiger partial charge in [-0.25, -0.2) is 9.59 Å². The Bertz CT molecular complexity index is 380. The SMILES string of the molecule is CCN1CCN(C(=O)N[C@H](CCC(=O)OC)C(=O)O)CC1. The lowest BCUT2D eigenvalue weighted by atomic mass is 10.1. The van der Waals surface area contributed by atoms with Gasteiger partial charge in [0.25, 0.3) is 0 Å². The van der Waals surface area contributed by atoms with E-state index in [1.807, 2.05) is 0 Å². The third-order valence-corrected chi connectivity index (χ3v) is 3.57. The molecule has 0 aliphatic carbocycles. The highest BCUT2D eigenvalue weighted by Gasteiger charge is 2.26. The molecule has 0 aromatic rings. The highest BCUT2D eigenvalue weighted by atomic mass is 16.5. The van der Waals surface area contributed by atoms with Crippen LogP contribution in [0.3, 0.4) is 0 Å². The van der Waals surface area contributed by atoms with Gasteiger partial charge in [-0.15, -0.1) is 0 Å². The third-order valence-electron chi connectivity index (χ3n) is 3.57. The van der Waals surface area contributed by atoms with E-state index in [1.165, 1.54) is 7.11 Å². The minimum absolute atomic E-state index is 0.0165. The van der Waals surface area contributed by atoms with Crippen molar-refractivity contribution < 1.29 is 24.2 Å². The lowest BCUT2D eigenvalue weighted by molar-refractivity contribution is -0.142. The van der Waals surface area contributed by atoms with Crippen LogP contribution in [0.2, 0.25) is 0 Å². The Labute approximate surface area is 124 Å². The van der Waals surface area contributed by atoms with E-state index in [2.05, 4.69) is 21.9 Å². The van der Waals surface area contributed by atoms with Crippen LogP contribution in [0.15, 0.2) is 0 Å². The highest BCUT2D eigenvalue weighted by molar-refractivity contribution is 5.83. The van der Waals surface area contributed by atoms with Gasteiger partial charge in [-0.1, -0.05) is 6.92 Å². The molecule has 2 N–H and O–H groups in total. The zero-order valence-corrected chi connectivity index (χ0v) is 12.5. The van der Waals surface area contributed by atoms with Gasteiger partial charge in [0.1, 0.15) is 6.04 Å². The number of hydrogen-bond donors (Lipinski definition) is 2. The fourth-order valence-corrected chi connectivity index (χ4v) is 2.13. The van der Waals surface area contributed by atoms with Crippen LogP contribution in [-0.2, 0) is 14.3 Å². The van der Waals surface area contributed by atoms with Crippen LogP contribution in [0.5, 0.6) is 0 Å². The number of rotatable bonds is 6. The summed E-state index contributed by atoms with van der Waals surface area (Å²) in [6, 6.07) is -1.48. The van der Waals surface area contributed by atoms with E-state index in [4.69, 9.17) is 5.11 Å². The molecule has 0 unspecified atom stereocenters. The Balaban J connectivity index is 2.45. The normalized spacial score (nSPS) is 17.1. The molecule has 2 amide bonds. The number of aliphatic carboxylic acids is 1. The fourth-order valence-electron chi connectivity index (χ4n) is 2.13. The van der Waals surface area contributed by atoms with E-state index in [0.717, 1.165) is 19.6 Å². The minimum atomic E-state index is -1.15. The number of ether oxygens (including phenoxy) is 1. The van der Waals surface area contributed by atoms with E-state index in [9.17, 15) is 14.4 Å². The topological polar surface area (TPSA) is 99.2 Å². The molecule has 0 spiro atoms. The molecule has 0 aromatic carbocycles. The Morgan fingerprint density at radius 3 is 2.33 bits per heavy atom. The second-order valence-electron chi connectivity index (χ2n) is 4.88. The van der Waals surface area contributed by atoms with E-state index in [0.29, 0.717) is 13.1 Å². The summed E-state index contributed by atoms with van der Waals surface area (Å²) in [5.74, 6) is -1.65. The van der Waals surface area contributed by atoms with Gasteiger partial charge in [-0.3, -0.25) is 4.79 Å². The zero-order valence-electron chi connectivity index (χ0n) is 12.5. The van der Waals surface area contributed by atoms with Gasteiger partial charge < -0.3 is 25.0 Å². The molecule has 1 heterocycles. The average molecular weight is 301 g/mol. The van der Waals surface area contributed by atoms with E-state index in [-0.39, 0.29) is 12.8 Å². The van der Waals surface area contributed by atoms with Crippen LogP contribution >= 0.6 is 0 Å². The number of methoxy groups -OCH3 is 1. The molecule has 0 aromatic heterocycles. The number of esters is 1. The zero-order chi connectivity index (χ0) is 15.8. The maximum Gasteiger partial charge on any atom is 0.326 e. The van der Waals surface area contributed by atoms with Crippen molar-refractivity contribution in [1.29, 1.82) is 0 Å². The van der Waals surface area contributed by atoms with Crippen LogP contribution in [0.4, 0.5) is 4.79 Å². The van der Waals surface area contributed by atoms with Crippen molar-refractivity contribution in [3.8, 4) is 0 Å². The molecule has 1 saturated heterocycles. The van der Waals surface area contributed by atoms with Crippen LogP contribution in [-0.4, -0.2) is 78.8 Å². The van der Waals surface area contributed by atoms with Crippen molar-refractivity contribution >= 4 is 18.0 Å². The Hall–Kier alpha value is -1.83. The van der Waals surface area contributed by atoms with E-state index < -0.39 is 24.0 Å². The van der Waals surface area contributed by atoms with Crippen molar-refractivity contribution in [2.75, 3.05) is 39.8 Å². The van der Waals surface area contributed by atoms with Gasteiger partial charge in [-0.05, 0) is 13.0 Å². The molecule has 0 radical (unpaired) electrons. The first-order valence-corrected chi connectivity index (χ1v) is 7.05. The van der Waals surface area contributed by atoms with Gasteiger partial charge in [0.2, 0.25) is 0 Å². The smallest absolute Gasteiger partial charge is 0.326 e. The molecule has 8 nitrogen and oxygen atoms in total. The first-order valence-electron chi connectivity index (χ1n) is 7.05. The standard InChI is InChI=1S/C13H23N3O5/c1-3-15-6-8-16(9-7-15)13(20)14-10(12(18)19)4-5-11(17)21-2/h10H,3-9H2,1-2H3,(H,14,20)(H,18,19)/t10-/m1/s1. The van der Waals surface area contributed by atoms with Gasteiger partial charge in [0.05, 0.1) is 7.11 Å². The summed E-state index contributed by atoms with van der Waals surface area (Å²) in [7, 11) is 1.24. The molecule has 1 aliphatic heterocycles. The van der Waals surface area contributed by atoms with Gasteiger partial charge in [0.15, 0.2) is 0 Å². The maximum atomic E-state index is 12.0. The number of nitrogens with one attached hydrogen (secondary N) is 1. The van der Waals surface area contributed by atoms with Crippen LogP contribution in [0.25, 0.3) is 0 Å². The van der Waals surface area contributed by atoms with Crippen molar-refractivity contribution in [2.24, 2.45) is 0 Å². The van der Waals surface area contributed by atoms with Gasteiger partial charge in [-0.2, -0.15) is 0 Å². The summed E-state index contributed by atoms with van der Waals surface area (Å²) < 4.78 is 4.47. The Kier molecular flexibility index (Phi) is 6.93. The lowest BCUT2D eigenvalue weighted by Crippen LogP contribution is -2.54. The molecule has 21 heavy (non-hydrogen) atoms. The summed E-state index contributed by atoms with van der Waals surface area (Å²) >= 11 is 0. The molecular formula is C13H23N3O5. The predicted molar refractivity (Wildman–Crippen MR) is 74.9 cm³/mol. The summed E-state index contributed by atoms with van der Waals surface area (Å²) in [5.41, 5.74) is 0. The van der Waals surface area contributed by atoms with Gasteiger partial charge >= 0.3 is 18.0 Å². The molecular weight excluding hydrogens is 278 g/mol. The number of carbonyl (C=O) groups excluding carboxylic acids is 2. The van der Waals surface area contributed by atoms with E-state index in [1.54, 1.807) is 4.90 Å². The van der Waals surface area contributed by atoms with Crippen LogP contribution < -0.4 is 5.32 Å². The number of carboxylic acid groups (broad SMARTS) is 1. The Morgan fingerprint density at radius 2 is 1.86 bits per heavy atom. The number of carboxylic acids is 1. The summed E-state index contributed by atoms with van der Waals surface area (Å²) in [5, 5.41) is 11.6. The van der Waals surface area contributed by atoms with E-state index >= 15 is 0 Å². The molecule has 1 aliphatic rings. The number of carbonyl (C=O) groups is 3. The van der Waals surface area contributed by atoms with Crippen LogP contribution in [0, 0.1) is 0 Å². The van der Waals surface area contributed by atoms with Crippen LogP contribution in [0.1, 0.15) is 19.8 Å². The summed E-state index contributed by atoms with van der Waals surface area (Å²) in [4.78, 5) is 38.0. The highest BCUT2D eigenvalue weighted by Crippen LogP contribution is 2.04. The second-order valence-corrected chi connectivity index (χ2v) is 4.88. The summed E-state index contributed by atoms with van der Waals surface area (Å²) in [6.45, 7) is 5.70. The molecule has 1 fully saturated rings. The summed E-state index contributed by atoms with van der Waals surface area (Å²) in [6.07, 6.45) is -0.0277. The van der Waals surface area contributed by atoms with Crippen molar-refractivity contribution in [1.82, 2.24) is 15.1 Å². The number of piperazine rings is 1. The maximum absolute atomic E-state index is 12.0. The molecule has 1 rings (SSSR count). The fraction of sp³-hybridized carbons (Fsp3) is 0.769. The third kappa shape index (κ3) is 5.58. The monoisotopic (exact) mass is 301 g/mol. The van der Waals surface area contributed by atoms with Crippen molar-refractivity contribution in [2.45, 2.75) is 25.8 Å². The number of nitrogens with zero attached hydrogens (tertiary/aromatic N) is 2. The first kappa shape index (κ1) is 17.2. The quantitative estimate of drug-likeness (QED) is 0.656. The second kappa shape index (κ2) is 8.46. The Morgan fingerprint density at radius 1 is 1.24 bits per heavy atom. The number of likely N-dealkylation sites (N-methyl/N-ethyl adjacent to an activating group) is 1.